The molecule has 0 aromatic heterocycles. The third-order valence-electron chi connectivity index (χ3n) is 1.35. The summed E-state index contributed by atoms with van der Waals surface area (Å²) in [7, 11) is -1.77. The Kier molecular flexibility index (Phi) is 5.41. The minimum Gasteiger partial charge on any atom is -0.463 e. The maximum absolute atomic E-state index is 11.7. The first-order valence-corrected chi connectivity index (χ1v) is 5.92. The minimum atomic E-state index is -3.91. The third-order valence-corrected chi connectivity index (χ3v) is 4.73. The molecule has 14 heavy (non-hydrogen) atoms. The smallest absolute Gasteiger partial charge is 0.377 e. The second-order valence-corrected chi connectivity index (χ2v) is 6.37. The lowest BCUT2D eigenvalue weighted by Gasteiger charge is -2.24. The molecule has 84 valence electrons. The first-order valence-electron chi connectivity index (χ1n) is 3.62. The van der Waals surface area contributed by atoms with Crippen LogP contribution in [0.5, 0.6) is 0 Å². The average molecular weight is 265 g/mol. The van der Waals surface area contributed by atoms with Crippen molar-refractivity contribution in [2.24, 2.45) is 0 Å². The zero-order chi connectivity index (χ0) is 11.4. The van der Waals surface area contributed by atoms with Crippen LogP contribution in [0.1, 0.15) is 6.92 Å². The van der Waals surface area contributed by atoms with Crippen molar-refractivity contribution in [3.8, 4) is 0 Å². The summed E-state index contributed by atoms with van der Waals surface area (Å²) in [5.74, 6) is -1.06. The highest BCUT2D eigenvalue weighted by atomic mass is 35.5. The van der Waals surface area contributed by atoms with Gasteiger partial charge in [0.2, 0.25) is 0 Å². The van der Waals surface area contributed by atoms with Gasteiger partial charge in [-0.2, -0.15) is 0 Å². The van der Waals surface area contributed by atoms with Gasteiger partial charge in [0.1, 0.15) is 0 Å². The molecule has 0 amide bonds. The normalized spacial score (nSPS) is 12.6. The Hall–Kier alpha value is 0.200. The maximum atomic E-state index is 11.7. The molecular formula is C6H11Cl2O5P. The highest BCUT2D eigenvalue weighted by Crippen LogP contribution is 2.63. The van der Waals surface area contributed by atoms with Crippen molar-refractivity contribution in [3.63, 3.8) is 0 Å². The molecule has 0 atom stereocenters. The van der Waals surface area contributed by atoms with E-state index in [-0.39, 0.29) is 6.61 Å². The van der Waals surface area contributed by atoms with E-state index < -0.39 is 17.6 Å². The minimum absolute atomic E-state index is 0.0629. The van der Waals surface area contributed by atoms with Gasteiger partial charge >= 0.3 is 17.6 Å². The van der Waals surface area contributed by atoms with Gasteiger partial charge in [0, 0.05) is 14.2 Å². The van der Waals surface area contributed by atoms with E-state index >= 15 is 0 Å². The van der Waals surface area contributed by atoms with Crippen molar-refractivity contribution in [3.05, 3.63) is 0 Å². The molecule has 0 fully saturated rings. The highest BCUT2D eigenvalue weighted by molar-refractivity contribution is 7.61. The molecule has 5 nitrogen and oxygen atoms in total. The maximum Gasteiger partial charge on any atom is 0.377 e. The van der Waals surface area contributed by atoms with Gasteiger partial charge in [0.05, 0.1) is 6.61 Å². The molecule has 0 radical (unpaired) electrons. The number of hydrogen-bond acceptors (Lipinski definition) is 5. The molecule has 0 aromatic carbocycles. The fourth-order valence-corrected chi connectivity index (χ4v) is 2.47. The number of esters is 1. The van der Waals surface area contributed by atoms with Crippen LogP contribution in [0.4, 0.5) is 0 Å². The van der Waals surface area contributed by atoms with Gasteiger partial charge in [0.15, 0.2) is 0 Å². The van der Waals surface area contributed by atoms with Crippen LogP contribution in [0.2, 0.25) is 0 Å². The first kappa shape index (κ1) is 14.2. The first-order chi connectivity index (χ1) is 6.35. The summed E-state index contributed by atoms with van der Waals surface area (Å²) in [6, 6.07) is 0. The molecule has 0 aliphatic carbocycles. The second kappa shape index (κ2) is 5.33. The molecule has 0 unspecified atom stereocenters. The van der Waals surface area contributed by atoms with Gasteiger partial charge < -0.3 is 13.8 Å². The summed E-state index contributed by atoms with van der Waals surface area (Å²) in [4.78, 5) is 11.2. The Balaban J connectivity index is 4.92. The summed E-state index contributed by atoms with van der Waals surface area (Å²) < 4.78 is 22.8. The van der Waals surface area contributed by atoms with E-state index in [1.165, 1.54) is 0 Å². The molecule has 8 heteroatoms. The van der Waals surface area contributed by atoms with Crippen molar-refractivity contribution >= 4 is 36.8 Å². The molecule has 0 saturated heterocycles. The molecule has 0 bridgehead atoms. The Morgan fingerprint density at radius 1 is 1.36 bits per heavy atom. The van der Waals surface area contributed by atoms with Crippen LogP contribution < -0.4 is 0 Å². The summed E-state index contributed by atoms with van der Waals surface area (Å²) in [6.07, 6.45) is 0. The molecule has 0 saturated carbocycles. The van der Waals surface area contributed by atoms with E-state index in [4.69, 9.17) is 23.2 Å². The number of carbonyl (C=O) groups excluding carboxylic acids is 1. The second-order valence-electron chi connectivity index (χ2n) is 2.12. The predicted octanol–water partition coefficient (Wildman–Crippen LogP) is 2.17. The van der Waals surface area contributed by atoms with Gasteiger partial charge in [-0.1, -0.05) is 23.2 Å². The standard InChI is InChI=1S/C6H11Cl2O5P/c1-4-13-5(9)6(7,8)14(10,11-2)12-3/h4H2,1-3H3. The molecular weight excluding hydrogens is 254 g/mol. The van der Waals surface area contributed by atoms with Crippen LogP contribution in [-0.2, 0) is 23.1 Å². The van der Waals surface area contributed by atoms with Gasteiger partial charge in [0.25, 0.3) is 0 Å². The zero-order valence-corrected chi connectivity index (χ0v) is 10.4. The topological polar surface area (TPSA) is 61.8 Å². The summed E-state index contributed by atoms with van der Waals surface area (Å²) in [6.45, 7) is 1.62. The van der Waals surface area contributed by atoms with Gasteiger partial charge in [-0.3, -0.25) is 4.57 Å². The molecule has 0 rings (SSSR count). The Labute approximate surface area is 92.1 Å². The van der Waals surface area contributed by atoms with Gasteiger partial charge in [-0.05, 0) is 6.92 Å². The Morgan fingerprint density at radius 2 is 1.79 bits per heavy atom. The zero-order valence-electron chi connectivity index (χ0n) is 7.95. The Morgan fingerprint density at radius 3 is 2.07 bits per heavy atom. The summed E-state index contributed by atoms with van der Waals surface area (Å²) in [5.41, 5.74) is 0. The van der Waals surface area contributed by atoms with Crippen molar-refractivity contribution in [2.75, 3.05) is 20.8 Å². The van der Waals surface area contributed by atoms with E-state index in [1.54, 1.807) is 6.92 Å². The molecule has 0 heterocycles. The number of halogens is 2. The van der Waals surface area contributed by atoms with Gasteiger partial charge in [-0.25, -0.2) is 4.79 Å². The fourth-order valence-electron chi connectivity index (χ4n) is 0.634. The van der Waals surface area contributed by atoms with Crippen LogP contribution in [0.25, 0.3) is 0 Å². The molecule has 0 aliphatic heterocycles. The van der Waals surface area contributed by atoms with E-state index in [2.05, 4.69) is 13.8 Å². The van der Waals surface area contributed by atoms with Crippen molar-refractivity contribution in [1.82, 2.24) is 0 Å². The average Bonchev–Trinajstić information content (AvgIpc) is 2.16. The number of carbonyl (C=O) groups is 1. The van der Waals surface area contributed by atoms with Crippen LogP contribution in [-0.4, -0.2) is 30.9 Å². The lowest BCUT2D eigenvalue weighted by molar-refractivity contribution is -0.142. The fraction of sp³-hybridized carbons (Fsp3) is 0.833. The van der Waals surface area contributed by atoms with E-state index in [0.29, 0.717) is 0 Å². The molecule has 0 spiro atoms. The summed E-state index contributed by atoms with van der Waals surface area (Å²) >= 11 is 11.1. The Bertz CT molecular complexity index is 247. The van der Waals surface area contributed by atoms with E-state index in [0.717, 1.165) is 14.2 Å². The summed E-state index contributed by atoms with van der Waals surface area (Å²) in [5, 5.41) is 0. The van der Waals surface area contributed by atoms with Crippen molar-refractivity contribution in [1.29, 1.82) is 0 Å². The number of rotatable bonds is 5. The van der Waals surface area contributed by atoms with Crippen LogP contribution >= 0.6 is 30.8 Å². The molecule has 0 N–H and O–H groups in total. The van der Waals surface area contributed by atoms with Crippen LogP contribution in [0.15, 0.2) is 0 Å². The SMILES string of the molecule is CCOC(=O)C(Cl)(Cl)P(=O)(OC)OC. The van der Waals surface area contributed by atoms with Crippen LogP contribution in [0.3, 0.4) is 0 Å². The van der Waals surface area contributed by atoms with E-state index in [1.807, 2.05) is 0 Å². The van der Waals surface area contributed by atoms with Gasteiger partial charge in [-0.15, -0.1) is 0 Å². The highest BCUT2D eigenvalue weighted by Gasteiger charge is 2.55. The number of ether oxygens (including phenoxy) is 1. The van der Waals surface area contributed by atoms with Crippen molar-refractivity contribution in [2.45, 2.75) is 11.0 Å². The van der Waals surface area contributed by atoms with Crippen molar-refractivity contribution < 1.29 is 23.1 Å². The quantitative estimate of drug-likeness (QED) is 0.433. The lowest BCUT2D eigenvalue weighted by atomic mass is 10.7. The van der Waals surface area contributed by atoms with Crippen LogP contribution in [0, 0.1) is 0 Å². The lowest BCUT2D eigenvalue weighted by Crippen LogP contribution is -2.29. The predicted molar refractivity (Wildman–Crippen MR) is 52.7 cm³/mol. The number of alkyl halides is 2. The van der Waals surface area contributed by atoms with E-state index in [9.17, 15) is 9.36 Å². The largest absolute Gasteiger partial charge is 0.463 e. The molecule has 0 aliphatic rings. The number of hydrogen-bond donors (Lipinski definition) is 0. The molecule has 0 aromatic rings. The third kappa shape index (κ3) is 2.61. The monoisotopic (exact) mass is 264 g/mol.